The molecule has 8 heteroatoms. The molecule has 1 unspecified atom stereocenters. The van der Waals surface area contributed by atoms with E-state index in [1.165, 1.54) is 0 Å². The summed E-state index contributed by atoms with van der Waals surface area (Å²) in [6.45, 7) is 1.43. The van der Waals surface area contributed by atoms with E-state index in [0.29, 0.717) is 57.9 Å². The van der Waals surface area contributed by atoms with Crippen LogP contribution in [0.3, 0.4) is 0 Å². The molecule has 0 saturated heterocycles. The molecule has 8 aromatic rings. The lowest BCUT2D eigenvalue weighted by Gasteiger charge is -2.27. The second-order valence-corrected chi connectivity index (χ2v) is 15.5. The first kappa shape index (κ1) is 42.4. The van der Waals surface area contributed by atoms with Gasteiger partial charge in [0.15, 0.2) is 17.6 Å². The van der Waals surface area contributed by atoms with Gasteiger partial charge in [0.1, 0.15) is 44.5 Å². The van der Waals surface area contributed by atoms with Crippen LogP contribution in [0.15, 0.2) is 211 Å². The Labute approximate surface area is 379 Å². The third-order valence-corrected chi connectivity index (χ3v) is 10.8. The molecule has 1 atom stereocenters. The summed E-state index contributed by atoms with van der Waals surface area (Å²) in [6.07, 6.45) is -1.14. The van der Waals surface area contributed by atoms with E-state index in [0.717, 1.165) is 33.4 Å². The van der Waals surface area contributed by atoms with E-state index in [1.807, 2.05) is 194 Å². The van der Waals surface area contributed by atoms with E-state index in [9.17, 15) is 0 Å². The highest BCUT2D eigenvalue weighted by atomic mass is 16.5. The van der Waals surface area contributed by atoms with E-state index in [1.54, 1.807) is 12.1 Å². The molecule has 0 N–H and O–H groups in total. The number of carbonyl (C=O) groups excluding carboxylic acids is 1. The van der Waals surface area contributed by atoms with E-state index >= 15 is 4.79 Å². The molecule has 0 aromatic heterocycles. The molecule has 8 nitrogen and oxygen atoms in total. The number of aliphatic imine (C=N–C) groups is 1. The van der Waals surface area contributed by atoms with Crippen molar-refractivity contribution in [1.29, 1.82) is 0 Å². The van der Waals surface area contributed by atoms with Crippen molar-refractivity contribution in [2.75, 3.05) is 0 Å². The largest absolute Gasteiger partial charge is 0.489 e. The fourth-order valence-corrected chi connectivity index (χ4v) is 7.44. The van der Waals surface area contributed by atoms with Crippen LogP contribution < -0.4 is 23.7 Å². The van der Waals surface area contributed by atoms with Gasteiger partial charge in [-0.2, -0.15) is 0 Å². The molecule has 0 fully saturated rings. The summed E-state index contributed by atoms with van der Waals surface area (Å²) in [7, 11) is 0. The number of carbonyl (C=O) groups is 1. The Morgan fingerprint density at radius 2 is 0.754 bits per heavy atom. The number of hydrogen-bond donors (Lipinski definition) is 0. The molecular weight excluding hydrogens is 811 g/mol. The highest BCUT2D eigenvalue weighted by Crippen LogP contribution is 2.44. The Hall–Kier alpha value is -7.94. The monoisotopic (exact) mass is 857 g/mol. The quantitative estimate of drug-likeness (QED) is 0.0800. The first-order valence-corrected chi connectivity index (χ1v) is 21.6. The molecule has 1 aliphatic heterocycles. The van der Waals surface area contributed by atoms with E-state index in [2.05, 4.69) is 0 Å². The number of ether oxygens (including phenoxy) is 6. The molecule has 65 heavy (non-hydrogen) atoms. The molecule has 0 aliphatic carbocycles. The summed E-state index contributed by atoms with van der Waals surface area (Å²) in [6, 6.07) is 66.5. The molecule has 322 valence electrons. The Morgan fingerprint density at radius 3 is 1.18 bits per heavy atom. The third kappa shape index (κ3) is 11.0. The smallest absolute Gasteiger partial charge is 0.203 e. The number of ketones is 1. The van der Waals surface area contributed by atoms with Crippen LogP contribution in [0.1, 0.15) is 49.3 Å². The zero-order valence-corrected chi connectivity index (χ0v) is 35.8. The molecular formula is C57H47NO7. The van der Waals surface area contributed by atoms with Gasteiger partial charge in [-0.05, 0) is 45.5 Å². The molecule has 9 rings (SSSR count). The maximum atomic E-state index is 15.2. The maximum Gasteiger partial charge on any atom is 0.203 e. The van der Waals surface area contributed by atoms with Gasteiger partial charge in [0, 0.05) is 17.7 Å². The van der Waals surface area contributed by atoms with Crippen molar-refractivity contribution in [2.45, 2.75) is 45.7 Å². The predicted molar refractivity (Wildman–Crippen MR) is 252 cm³/mol. The molecule has 1 aliphatic rings. The first-order chi connectivity index (χ1) is 32.1. The maximum absolute atomic E-state index is 15.2. The van der Waals surface area contributed by atoms with Crippen LogP contribution in [0.5, 0.6) is 28.7 Å². The summed E-state index contributed by atoms with van der Waals surface area (Å²) < 4.78 is 39.5. The van der Waals surface area contributed by atoms with Crippen molar-refractivity contribution in [3.63, 3.8) is 0 Å². The van der Waals surface area contributed by atoms with Gasteiger partial charge in [0.05, 0.1) is 23.6 Å². The summed E-state index contributed by atoms with van der Waals surface area (Å²) in [5, 5.41) is 0. The van der Waals surface area contributed by atoms with Crippen LogP contribution in [0.2, 0.25) is 0 Å². The van der Waals surface area contributed by atoms with E-state index in [4.69, 9.17) is 33.4 Å². The lowest BCUT2D eigenvalue weighted by molar-refractivity contribution is 0.0564. The lowest BCUT2D eigenvalue weighted by atomic mass is 9.92. The van der Waals surface area contributed by atoms with Gasteiger partial charge < -0.3 is 28.4 Å². The van der Waals surface area contributed by atoms with Gasteiger partial charge in [-0.1, -0.05) is 182 Å². The molecule has 0 saturated carbocycles. The highest BCUT2D eigenvalue weighted by Gasteiger charge is 2.37. The minimum Gasteiger partial charge on any atom is -0.489 e. The van der Waals surface area contributed by atoms with Crippen LogP contribution in [0, 0.1) is 0 Å². The number of hydrogen-bond acceptors (Lipinski definition) is 8. The Bertz CT molecular complexity index is 2760. The van der Waals surface area contributed by atoms with Crippen molar-refractivity contribution in [3.8, 4) is 28.7 Å². The minimum absolute atomic E-state index is 0.150. The number of Topliss-reactive ketones (excluding diaryl/α,β-unsaturated/α-hetero) is 1. The number of fused-ring (bicyclic) bond motifs is 1. The van der Waals surface area contributed by atoms with Gasteiger partial charge in [0.25, 0.3) is 0 Å². The first-order valence-electron chi connectivity index (χ1n) is 21.6. The third-order valence-electron chi connectivity index (χ3n) is 10.8. The highest BCUT2D eigenvalue weighted by molar-refractivity contribution is 6.26. The van der Waals surface area contributed by atoms with Gasteiger partial charge in [0.2, 0.25) is 11.5 Å². The Morgan fingerprint density at radius 1 is 0.385 bits per heavy atom. The van der Waals surface area contributed by atoms with Gasteiger partial charge in [-0.25, -0.2) is 4.99 Å². The zero-order chi connectivity index (χ0) is 44.0. The average molecular weight is 858 g/mol. The van der Waals surface area contributed by atoms with Crippen LogP contribution in [0.25, 0.3) is 0 Å². The predicted octanol–water partition coefficient (Wildman–Crippen LogP) is 12.5. The second kappa shape index (κ2) is 21.0. The number of nitrogens with zero attached hydrogens (tertiary/aromatic N) is 1. The molecule has 1 heterocycles. The Kier molecular flexibility index (Phi) is 13.7. The minimum atomic E-state index is -1.14. The average Bonchev–Trinajstić information content (AvgIpc) is 3.37. The topological polar surface area (TPSA) is 84.8 Å². The van der Waals surface area contributed by atoms with Gasteiger partial charge in [-0.15, -0.1) is 0 Å². The van der Waals surface area contributed by atoms with Crippen molar-refractivity contribution in [2.24, 2.45) is 4.99 Å². The van der Waals surface area contributed by atoms with Gasteiger partial charge in [-0.3, -0.25) is 4.79 Å². The lowest BCUT2D eigenvalue weighted by Crippen LogP contribution is -2.36. The van der Waals surface area contributed by atoms with Crippen LogP contribution in [-0.2, 0) is 44.4 Å². The summed E-state index contributed by atoms with van der Waals surface area (Å²) >= 11 is 0. The summed E-state index contributed by atoms with van der Waals surface area (Å²) in [4.78, 5) is 20.5. The standard InChI is InChI=1S/C57H47NO7/c59-55-53-49(33-48(60-35-41-19-7-1-8-20-41)34-50(53)61-36-42-21-9-2-10-22-42)58-54(57(55)65-40-46-29-17-6-18-30-46)47-31-51(62-37-43-23-11-3-12-24-43)56(64-39-45-27-15-5-16-28-45)52(32-47)63-38-44-25-13-4-14-26-44/h1-34,57H,35-40H2. The molecule has 0 spiro atoms. The molecule has 0 amide bonds. The van der Waals surface area contributed by atoms with Crippen LogP contribution >= 0.6 is 0 Å². The zero-order valence-electron chi connectivity index (χ0n) is 35.8. The number of benzene rings is 8. The van der Waals surface area contributed by atoms with Crippen molar-refractivity contribution >= 4 is 17.2 Å². The fourth-order valence-electron chi connectivity index (χ4n) is 7.44. The SMILES string of the molecule is O=C1c2c(cc(OCc3ccccc3)cc2OCc2ccccc2)N=C(c2cc(OCc3ccccc3)c(OCc3ccccc3)c(OCc3ccccc3)c2)C1OCc1ccccc1. The Balaban J connectivity index is 1.18. The molecule has 0 radical (unpaired) electrons. The van der Waals surface area contributed by atoms with E-state index in [-0.39, 0.29) is 38.8 Å². The summed E-state index contributed by atoms with van der Waals surface area (Å²) in [5.41, 5.74) is 7.37. The summed E-state index contributed by atoms with van der Waals surface area (Å²) in [5.74, 6) is 1.79. The normalized spacial score (nSPS) is 13.0. The number of rotatable bonds is 19. The molecule has 0 bridgehead atoms. The molecule has 8 aromatic carbocycles. The van der Waals surface area contributed by atoms with Gasteiger partial charge >= 0.3 is 0 Å². The fraction of sp³-hybridized carbons (Fsp3) is 0.123. The van der Waals surface area contributed by atoms with Crippen molar-refractivity contribution in [1.82, 2.24) is 0 Å². The van der Waals surface area contributed by atoms with E-state index < -0.39 is 6.10 Å². The van der Waals surface area contributed by atoms with Crippen LogP contribution in [-0.4, -0.2) is 17.6 Å². The van der Waals surface area contributed by atoms with Crippen molar-refractivity contribution < 1.29 is 33.2 Å². The van der Waals surface area contributed by atoms with Crippen molar-refractivity contribution in [3.05, 3.63) is 251 Å². The van der Waals surface area contributed by atoms with Crippen LogP contribution in [0.4, 0.5) is 5.69 Å². The second-order valence-electron chi connectivity index (χ2n) is 15.5.